The highest BCUT2D eigenvalue weighted by Gasteiger charge is 2.36. The van der Waals surface area contributed by atoms with Crippen LogP contribution in [0.5, 0.6) is 0 Å². The molecule has 4 rings (SSSR count). The largest absolute Gasteiger partial charge is 0.339 e. The van der Waals surface area contributed by atoms with Crippen molar-refractivity contribution in [1.29, 1.82) is 0 Å². The van der Waals surface area contributed by atoms with Crippen molar-refractivity contribution in [2.45, 2.75) is 55.5 Å². The fourth-order valence-corrected chi connectivity index (χ4v) is 4.76. The number of nitrogens with two attached hydrogens (primary N) is 1. The SMILES string of the molecule is CC(Cc1nc(C2(N)CCCC2)no1)N=C1NS(=O)(=O)c2ccccc21. The van der Waals surface area contributed by atoms with Gasteiger partial charge in [-0.1, -0.05) is 30.1 Å². The molecule has 2 aliphatic rings. The first kappa shape index (κ1) is 17.2. The average Bonchev–Trinajstić information content (AvgIpc) is 3.29. The highest BCUT2D eigenvalue weighted by atomic mass is 32.2. The van der Waals surface area contributed by atoms with Gasteiger partial charge in [0.15, 0.2) is 5.82 Å². The molecule has 8 nitrogen and oxygen atoms in total. The van der Waals surface area contributed by atoms with E-state index >= 15 is 0 Å². The normalized spacial score (nSPS) is 22.9. The molecule has 1 atom stereocenters. The molecule has 1 aliphatic heterocycles. The van der Waals surface area contributed by atoms with Gasteiger partial charge in [-0.2, -0.15) is 4.98 Å². The Morgan fingerprint density at radius 2 is 2.08 bits per heavy atom. The Balaban J connectivity index is 1.52. The van der Waals surface area contributed by atoms with Gasteiger partial charge in [0.05, 0.1) is 16.5 Å². The van der Waals surface area contributed by atoms with E-state index < -0.39 is 15.6 Å². The molecule has 2 aromatic rings. The van der Waals surface area contributed by atoms with Gasteiger partial charge in [0.2, 0.25) is 5.89 Å². The number of amidine groups is 1. The molecular weight excluding hydrogens is 354 g/mol. The summed E-state index contributed by atoms with van der Waals surface area (Å²) in [6.45, 7) is 1.87. The second-order valence-electron chi connectivity index (χ2n) is 7.01. The van der Waals surface area contributed by atoms with E-state index in [4.69, 9.17) is 10.3 Å². The maximum atomic E-state index is 12.1. The van der Waals surface area contributed by atoms with Gasteiger partial charge in [-0.15, -0.1) is 0 Å². The van der Waals surface area contributed by atoms with E-state index in [0.29, 0.717) is 29.5 Å². The number of sulfonamides is 1. The van der Waals surface area contributed by atoms with Crippen LogP contribution in [0.3, 0.4) is 0 Å². The lowest BCUT2D eigenvalue weighted by molar-refractivity contribution is 0.345. The van der Waals surface area contributed by atoms with Gasteiger partial charge in [0.25, 0.3) is 10.0 Å². The van der Waals surface area contributed by atoms with Crippen molar-refractivity contribution in [3.63, 3.8) is 0 Å². The van der Waals surface area contributed by atoms with Crippen LogP contribution in [-0.2, 0) is 22.0 Å². The number of hydrogen-bond acceptors (Lipinski definition) is 7. The third kappa shape index (κ3) is 3.01. The van der Waals surface area contributed by atoms with Gasteiger partial charge in [0.1, 0.15) is 5.84 Å². The van der Waals surface area contributed by atoms with Gasteiger partial charge in [-0.25, -0.2) is 8.42 Å². The number of rotatable bonds is 4. The molecule has 1 saturated carbocycles. The lowest BCUT2D eigenvalue weighted by Gasteiger charge is -2.17. The minimum atomic E-state index is -3.54. The molecular formula is C17H21N5O3S. The summed E-state index contributed by atoms with van der Waals surface area (Å²) in [7, 11) is -3.54. The smallest absolute Gasteiger partial charge is 0.263 e. The average molecular weight is 375 g/mol. The van der Waals surface area contributed by atoms with Crippen LogP contribution in [0.4, 0.5) is 0 Å². The third-order valence-electron chi connectivity index (χ3n) is 4.89. The van der Waals surface area contributed by atoms with E-state index in [-0.39, 0.29) is 10.9 Å². The molecule has 0 radical (unpaired) electrons. The molecule has 0 saturated heterocycles. The predicted octanol–water partition coefficient (Wildman–Crippen LogP) is 1.47. The van der Waals surface area contributed by atoms with E-state index in [0.717, 1.165) is 25.7 Å². The Hall–Kier alpha value is -2.26. The fourth-order valence-electron chi connectivity index (χ4n) is 3.52. The Bertz CT molecular complexity index is 960. The zero-order valence-corrected chi connectivity index (χ0v) is 15.3. The summed E-state index contributed by atoms with van der Waals surface area (Å²) in [5.74, 6) is 1.36. The first-order chi connectivity index (χ1) is 12.4. The number of benzene rings is 1. The molecule has 1 aromatic carbocycles. The zero-order chi connectivity index (χ0) is 18.4. The van der Waals surface area contributed by atoms with Crippen molar-refractivity contribution < 1.29 is 12.9 Å². The second kappa shape index (κ2) is 6.17. The minimum Gasteiger partial charge on any atom is -0.339 e. The van der Waals surface area contributed by atoms with Crippen molar-refractivity contribution in [3.8, 4) is 0 Å². The summed E-state index contributed by atoms with van der Waals surface area (Å²) >= 11 is 0. The van der Waals surface area contributed by atoms with Gasteiger partial charge in [-0.3, -0.25) is 9.71 Å². The first-order valence-electron chi connectivity index (χ1n) is 8.69. The Morgan fingerprint density at radius 3 is 2.85 bits per heavy atom. The number of nitrogens with zero attached hydrogens (tertiary/aromatic N) is 3. The molecule has 3 N–H and O–H groups in total. The molecule has 1 aromatic heterocycles. The number of fused-ring (bicyclic) bond motifs is 1. The molecule has 26 heavy (non-hydrogen) atoms. The quantitative estimate of drug-likeness (QED) is 0.834. The fraction of sp³-hybridized carbons (Fsp3) is 0.471. The number of hydrogen-bond donors (Lipinski definition) is 2. The molecule has 1 unspecified atom stereocenters. The van der Waals surface area contributed by atoms with Crippen molar-refractivity contribution in [3.05, 3.63) is 41.5 Å². The van der Waals surface area contributed by atoms with Crippen LogP contribution < -0.4 is 10.5 Å². The van der Waals surface area contributed by atoms with Crippen LogP contribution in [0.15, 0.2) is 38.7 Å². The Kier molecular flexibility index (Phi) is 4.07. The molecule has 1 aliphatic carbocycles. The van der Waals surface area contributed by atoms with Crippen molar-refractivity contribution in [2.75, 3.05) is 0 Å². The van der Waals surface area contributed by atoms with E-state index in [2.05, 4.69) is 19.9 Å². The number of nitrogens with one attached hydrogen (secondary N) is 1. The summed E-state index contributed by atoms with van der Waals surface area (Å²) in [6, 6.07) is 6.55. The minimum absolute atomic E-state index is 0.232. The van der Waals surface area contributed by atoms with E-state index in [1.807, 2.05) is 6.92 Å². The lowest BCUT2D eigenvalue weighted by Crippen LogP contribution is -2.34. The second-order valence-corrected chi connectivity index (χ2v) is 8.66. The summed E-state index contributed by atoms with van der Waals surface area (Å²) < 4.78 is 32.1. The molecule has 1 fully saturated rings. The van der Waals surface area contributed by atoms with Gasteiger partial charge in [0, 0.05) is 12.0 Å². The molecule has 138 valence electrons. The van der Waals surface area contributed by atoms with E-state index in [1.165, 1.54) is 0 Å². The van der Waals surface area contributed by atoms with Crippen LogP contribution in [0.2, 0.25) is 0 Å². The molecule has 0 spiro atoms. The van der Waals surface area contributed by atoms with Gasteiger partial charge >= 0.3 is 0 Å². The first-order valence-corrected chi connectivity index (χ1v) is 10.2. The number of aromatic nitrogens is 2. The van der Waals surface area contributed by atoms with Gasteiger partial charge < -0.3 is 10.3 Å². The Morgan fingerprint density at radius 1 is 1.35 bits per heavy atom. The Labute approximate surface area is 151 Å². The zero-order valence-electron chi connectivity index (χ0n) is 14.5. The molecule has 9 heteroatoms. The standard InChI is InChI=1S/C17H21N5O3S/c1-11(10-14-20-16(21-25-14)17(18)8-4-5-9-17)19-15-12-6-2-3-7-13(12)26(23,24)22-15/h2-3,6-7,11H,4-5,8-10,18H2,1H3,(H,19,22). The van der Waals surface area contributed by atoms with Crippen molar-refractivity contribution in [2.24, 2.45) is 10.7 Å². The van der Waals surface area contributed by atoms with Gasteiger partial charge in [-0.05, 0) is 31.9 Å². The highest BCUT2D eigenvalue weighted by molar-refractivity contribution is 7.90. The van der Waals surface area contributed by atoms with E-state index in [9.17, 15) is 8.42 Å². The van der Waals surface area contributed by atoms with Crippen molar-refractivity contribution >= 4 is 15.9 Å². The summed E-state index contributed by atoms with van der Waals surface area (Å²) in [4.78, 5) is 9.19. The lowest BCUT2D eigenvalue weighted by atomic mass is 9.99. The molecule has 0 amide bonds. The van der Waals surface area contributed by atoms with Crippen LogP contribution >= 0.6 is 0 Å². The summed E-state index contributed by atoms with van der Waals surface area (Å²) in [5.41, 5.74) is 6.44. The maximum absolute atomic E-state index is 12.1. The topological polar surface area (TPSA) is 123 Å². The predicted molar refractivity (Wildman–Crippen MR) is 95.1 cm³/mol. The maximum Gasteiger partial charge on any atom is 0.263 e. The monoisotopic (exact) mass is 375 g/mol. The van der Waals surface area contributed by atoms with Crippen molar-refractivity contribution in [1.82, 2.24) is 14.9 Å². The summed E-state index contributed by atoms with van der Waals surface area (Å²) in [5, 5.41) is 4.04. The summed E-state index contributed by atoms with van der Waals surface area (Å²) in [6.07, 6.45) is 4.29. The van der Waals surface area contributed by atoms with Crippen LogP contribution in [0, 0.1) is 0 Å². The highest BCUT2D eigenvalue weighted by Crippen LogP contribution is 2.34. The molecule has 0 bridgehead atoms. The number of aliphatic imine (C=N–C) groups is 1. The van der Waals surface area contributed by atoms with Crippen LogP contribution in [0.1, 0.15) is 49.9 Å². The van der Waals surface area contributed by atoms with E-state index in [1.54, 1.807) is 24.3 Å². The molecule has 2 heterocycles. The van der Waals surface area contributed by atoms with Crippen LogP contribution in [-0.4, -0.2) is 30.4 Å². The van der Waals surface area contributed by atoms with Crippen LogP contribution in [0.25, 0.3) is 0 Å². The third-order valence-corrected chi connectivity index (χ3v) is 6.29.